The number of likely N-dealkylation sites (tertiary alicyclic amines) is 1. The van der Waals surface area contributed by atoms with Crippen molar-refractivity contribution in [2.24, 2.45) is 0 Å². The van der Waals surface area contributed by atoms with Gasteiger partial charge in [-0.25, -0.2) is 4.98 Å². The quantitative estimate of drug-likeness (QED) is 0.407. The summed E-state index contributed by atoms with van der Waals surface area (Å²) >= 11 is 0. The molecule has 4 heterocycles. The Morgan fingerprint density at radius 1 is 0.939 bits per heavy atom. The van der Waals surface area contributed by atoms with Gasteiger partial charge in [0.15, 0.2) is 0 Å². The van der Waals surface area contributed by atoms with E-state index in [2.05, 4.69) is 55.8 Å². The molecule has 0 bridgehead atoms. The minimum Gasteiger partial charge on any atom is -0.464 e. The lowest BCUT2D eigenvalue weighted by Crippen LogP contribution is -2.38. The van der Waals surface area contributed by atoms with Gasteiger partial charge in [-0.3, -0.25) is 9.88 Å². The molecule has 5 rings (SSSR count). The summed E-state index contributed by atoms with van der Waals surface area (Å²) in [6.45, 7) is 3.75. The van der Waals surface area contributed by atoms with Crippen LogP contribution in [0.25, 0.3) is 11.3 Å². The average molecular weight is 441 g/mol. The summed E-state index contributed by atoms with van der Waals surface area (Å²) in [5.74, 6) is 2.16. The Labute approximate surface area is 193 Å². The van der Waals surface area contributed by atoms with Crippen LogP contribution in [-0.2, 0) is 13.1 Å². The van der Waals surface area contributed by atoms with Crippen LogP contribution in [-0.4, -0.2) is 39.0 Å². The van der Waals surface area contributed by atoms with Gasteiger partial charge in [0.1, 0.15) is 11.6 Å². The molecular weight excluding hydrogens is 412 g/mol. The number of pyridine rings is 1. The smallest absolute Gasteiger partial charge is 0.224 e. The van der Waals surface area contributed by atoms with Gasteiger partial charge in [-0.05, 0) is 48.2 Å². The molecule has 0 aliphatic carbocycles. The van der Waals surface area contributed by atoms with Gasteiger partial charge in [0.05, 0.1) is 11.8 Å². The maximum absolute atomic E-state index is 5.65. The van der Waals surface area contributed by atoms with Crippen LogP contribution in [0, 0.1) is 0 Å². The summed E-state index contributed by atoms with van der Waals surface area (Å²) in [6.07, 6.45) is 9.21. The molecule has 2 N–H and O–H groups in total. The number of nitrogens with zero attached hydrogens (tertiary/aromatic N) is 4. The Kier molecular flexibility index (Phi) is 6.58. The SMILES string of the molecule is c1ccc(CN2CCC(Nc3nc(NCc4ccncc4)ncc3-c3ccco3)CC2)cc1. The normalized spacial score (nSPS) is 14.8. The van der Waals surface area contributed by atoms with E-state index in [1.54, 1.807) is 18.7 Å². The van der Waals surface area contributed by atoms with Gasteiger partial charge in [0, 0.05) is 50.8 Å². The first-order chi connectivity index (χ1) is 16.3. The molecule has 0 radical (unpaired) electrons. The third kappa shape index (κ3) is 5.56. The molecule has 168 valence electrons. The number of aromatic nitrogens is 3. The van der Waals surface area contributed by atoms with E-state index in [4.69, 9.17) is 9.40 Å². The van der Waals surface area contributed by atoms with Crippen molar-refractivity contribution < 1.29 is 4.42 Å². The first-order valence-corrected chi connectivity index (χ1v) is 11.4. The fourth-order valence-electron chi connectivity index (χ4n) is 4.14. The minimum absolute atomic E-state index is 0.355. The summed E-state index contributed by atoms with van der Waals surface area (Å²) in [7, 11) is 0. The van der Waals surface area contributed by atoms with E-state index < -0.39 is 0 Å². The number of anilines is 2. The molecule has 0 amide bonds. The zero-order valence-corrected chi connectivity index (χ0v) is 18.5. The lowest BCUT2D eigenvalue weighted by Gasteiger charge is -2.33. The van der Waals surface area contributed by atoms with Crippen molar-refractivity contribution in [2.75, 3.05) is 23.7 Å². The van der Waals surface area contributed by atoms with Crippen molar-refractivity contribution in [3.05, 3.63) is 90.6 Å². The Morgan fingerprint density at radius 3 is 2.52 bits per heavy atom. The maximum Gasteiger partial charge on any atom is 0.224 e. The Hall–Kier alpha value is -3.71. The van der Waals surface area contributed by atoms with Crippen LogP contribution >= 0.6 is 0 Å². The molecule has 4 aromatic rings. The number of piperidine rings is 1. The summed E-state index contributed by atoms with van der Waals surface area (Å²) in [5, 5.41) is 6.99. The van der Waals surface area contributed by atoms with E-state index in [1.807, 2.05) is 30.5 Å². The van der Waals surface area contributed by atoms with Gasteiger partial charge in [-0.2, -0.15) is 4.98 Å². The number of hydrogen-bond acceptors (Lipinski definition) is 7. The van der Waals surface area contributed by atoms with Gasteiger partial charge in [-0.1, -0.05) is 30.3 Å². The highest BCUT2D eigenvalue weighted by Crippen LogP contribution is 2.29. The molecule has 3 aromatic heterocycles. The first kappa shape index (κ1) is 21.2. The molecule has 1 aliphatic rings. The summed E-state index contributed by atoms with van der Waals surface area (Å²) < 4.78 is 5.65. The summed E-state index contributed by atoms with van der Waals surface area (Å²) in [6, 6.07) is 18.8. The second-order valence-corrected chi connectivity index (χ2v) is 8.32. The number of furan rings is 1. The molecular formula is C26H28N6O. The Morgan fingerprint density at radius 2 is 1.76 bits per heavy atom. The van der Waals surface area contributed by atoms with Gasteiger partial charge in [0.25, 0.3) is 0 Å². The molecule has 1 saturated heterocycles. The van der Waals surface area contributed by atoms with Gasteiger partial charge >= 0.3 is 0 Å². The first-order valence-electron chi connectivity index (χ1n) is 11.4. The molecule has 0 spiro atoms. The second kappa shape index (κ2) is 10.3. The fourth-order valence-corrected chi connectivity index (χ4v) is 4.14. The molecule has 0 atom stereocenters. The Balaban J connectivity index is 1.26. The lowest BCUT2D eigenvalue weighted by molar-refractivity contribution is 0.211. The number of nitrogens with one attached hydrogen (secondary N) is 2. The van der Waals surface area contributed by atoms with Gasteiger partial charge < -0.3 is 15.1 Å². The van der Waals surface area contributed by atoms with Crippen molar-refractivity contribution in [1.29, 1.82) is 0 Å². The zero-order valence-electron chi connectivity index (χ0n) is 18.5. The van der Waals surface area contributed by atoms with Crippen LogP contribution in [0.1, 0.15) is 24.0 Å². The van der Waals surface area contributed by atoms with Crippen LogP contribution in [0.15, 0.2) is 83.9 Å². The number of rotatable bonds is 8. The van der Waals surface area contributed by atoms with E-state index in [-0.39, 0.29) is 0 Å². The number of benzene rings is 1. The summed E-state index contributed by atoms with van der Waals surface area (Å²) in [4.78, 5) is 15.9. The molecule has 1 aromatic carbocycles. The highest BCUT2D eigenvalue weighted by molar-refractivity contribution is 5.71. The van der Waals surface area contributed by atoms with E-state index in [9.17, 15) is 0 Å². The van der Waals surface area contributed by atoms with Gasteiger partial charge in [0.2, 0.25) is 5.95 Å². The van der Waals surface area contributed by atoms with Crippen molar-refractivity contribution in [3.63, 3.8) is 0 Å². The lowest BCUT2D eigenvalue weighted by atomic mass is 10.0. The average Bonchev–Trinajstić information content (AvgIpc) is 3.40. The molecule has 33 heavy (non-hydrogen) atoms. The van der Waals surface area contributed by atoms with Gasteiger partial charge in [-0.15, -0.1) is 0 Å². The summed E-state index contributed by atoms with van der Waals surface area (Å²) in [5.41, 5.74) is 3.37. The topological polar surface area (TPSA) is 79.1 Å². The van der Waals surface area contributed by atoms with Crippen LogP contribution in [0.2, 0.25) is 0 Å². The van der Waals surface area contributed by atoms with E-state index in [1.165, 1.54) is 5.56 Å². The molecule has 1 aliphatic heterocycles. The monoisotopic (exact) mass is 440 g/mol. The van der Waals surface area contributed by atoms with Crippen LogP contribution in [0.4, 0.5) is 11.8 Å². The molecule has 0 unspecified atom stereocenters. The molecule has 0 saturated carbocycles. The fraction of sp³-hybridized carbons (Fsp3) is 0.269. The number of hydrogen-bond donors (Lipinski definition) is 2. The second-order valence-electron chi connectivity index (χ2n) is 8.32. The van der Waals surface area contributed by atoms with Crippen molar-refractivity contribution in [3.8, 4) is 11.3 Å². The predicted octanol–water partition coefficient (Wildman–Crippen LogP) is 4.82. The largest absolute Gasteiger partial charge is 0.464 e. The van der Waals surface area contributed by atoms with Crippen LogP contribution in [0.5, 0.6) is 0 Å². The molecule has 1 fully saturated rings. The third-order valence-electron chi connectivity index (χ3n) is 5.95. The minimum atomic E-state index is 0.355. The van der Waals surface area contributed by atoms with Crippen molar-refractivity contribution in [2.45, 2.75) is 32.0 Å². The highest BCUT2D eigenvalue weighted by Gasteiger charge is 2.21. The van der Waals surface area contributed by atoms with E-state index in [0.29, 0.717) is 18.5 Å². The van der Waals surface area contributed by atoms with Crippen LogP contribution in [0.3, 0.4) is 0 Å². The van der Waals surface area contributed by atoms with E-state index in [0.717, 1.165) is 55.2 Å². The van der Waals surface area contributed by atoms with E-state index >= 15 is 0 Å². The Bertz CT molecular complexity index is 1130. The molecule has 7 nitrogen and oxygen atoms in total. The third-order valence-corrected chi connectivity index (χ3v) is 5.95. The maximum atomic E-state index is 5.65. The van der Waals surface area contributed by atoms with Crippen molar-refractivity contribution in [1.82, 2.24) is 19.9 Å². The predicted molar refractivity (Wildman–Crippen MR) is 130 cm³/mol. The van der Waals surface area contributed by atoms with Crippen molar-refractivity contribution >= 4 is 11.8 Å². The highest BCUT2D eigenvalue weighted by atomic mass is 16.3. The molecule has 7 heteroatoms. The standard InChI is InChI=1S/C26H28N6O/c1-2-5-21(6-3-1)19-32-14-10-22(11-15-32)30-25-23(24-7-4-16-33-24)18-29-26(31-25)28-17-20-8-12-27-13-9-20/h1-9,12-13,16,18,22H,10-11,14-15,17,19H2,(H2,28,29,30,31). The zero-order chi connectivity index (χ0) is 22.3. The van der Waals surface area contributed by atoms with Crippen LogP contribution < -0.4 is 10.6 Å².